The van der Waals surface area contributed by atoms with E-state index in [0.29, 0.717) is 0 Å². The molecule has 2 atom stereocenters. The lowest BCUT2D eigenvalue weighted by atomic mass is 9.87. The molecule has 54 valence electrons. The molecule has 2 unspecified atom stereocenters. The number of allylic oxidation sites excluding steroid dienone is 6. The molecule has 4 rings (SSSR count). The Labute approximate surface area is 66.3 Å². The molecule has 0 aromatic carbocycles. The van der Waals surface area contributed by atoms with Crippen molar-refractivity contribution in [1.82, 2.24) is 0 Å². The van der Waals surface area contributed by atoms with Crippen LogP contribution in [-0.4, -0.2) is 0 Å². The summed E-state index contributed by atoms with van der Waals surface area (Å²) in [6.07, 6.45) is 1.39. The van der Waals surface area contributed by atoms with Gasteiger partial charge in [0.2, 0.25) is 0 Å². The van der Waals surface area contributed by atoms with Gasteiger partial charge in [0.25, 0.3) is 0 Å². The molecule has 0 aliphatic heterocycles. The average molecular weight is 142 g/mol. The first-order valence-corrected chi connectivity index (χ1v) is 4.46. The van der Waals surface area contributed by atoms with Crippen molar-refractivity contribution in [3.05, 3.63) is 33.4 Å². The maximum atomic E-state index is 2.30. The van der Waals surface area contributed by atoms with Crippen molar-refractivity contribution in [2.75, 3.05) is 0 Å². The highest BCUT2D eigenvalue weighted by Gasteiger charge is 2.59. The first-order valence-electron chi connectivity index (χ1n) is 4.46. The van der Waals surface area contributed by atoms with Gasteiger partial charge in [-0.25, -0.2) is 0 Å². The maximum Gasteiger partial charge on any atom is 0.0276 e. The average Bonchev–Trinajstić information content (AvgIpc) is 2.67. The van der Waals surface area contributed by atoms with Crippen LogP contribution in [0.4, 0.5) is 0 Å². The van der Waals surface area contributed by atoms with Gasteiger partial charge in [0.05, 0.1) is 0 Å². The second-order valence-corrected chi connectivity index (χ2v) is 4.28. The first kappa shape index (κ1) is 4.97. The van der Waals surface area contributed by atoms with Crippen molar-refractivity contribution in [2.45, 2.75) is 20.3 Å². The fraction of sp³-hybridized carbons (Fsp3) is 0.455. The summed E-state index contributed by atoms with van der Waals surface area (Å²) < 4.78 is 0. The van der Waals surface area contributed by atoms with Crippen LogP contribution in [0.1, 0.15) is 20.3 Å². The summed E-state index contributed by atoms with van der Waals surface area (Å²) in [7, 11) is 0. The smallest absolute Gasteiger partial charge is 0.0276 e. The van der Waals surface area contributed by atoms with Gasteiger partial charge in [-0.05, 0) is 42.6 Å². The number of hydrogen-bond acceptors (Lipinski definition) is 0. The predicted octanol–water partition coefficient (Wildman–Crippen LogP) is 2.59. The first-order chi connectivity index (χ1) is 5.30. The summed E-state index contributed by atoms with van der Waals surface area (Å²) in [5.74, 6) is 1.83. The molecule has 0 saturated heterocycles. The molecule has 0 aromatic rings. The molecule has 0 spiro atoms. The van der Waals surface area contributed by atoms with Gasteiger partial charge in [0.15, 0.2) is 0 Å². The van der Waals surface area contributed by atoms with E-state index < -0.39 is 0 Å². The Morgan fingerprint density at radius 2 is 1.91 bits per heavy atom. The molecule has 11 heavy (non-hydrogen) atoms. The van der Waals surface area contributed by atoms with Gasteiger partial charge in [0.1, 0.15) is 0 Å². The second-order valence-electron chi connectivity index (χ2n) is 4.28. The third kappa shape index (κ3) is 0.312. The van der Waals surface area contributed by atoms with Gasteiger partial charge in [-0.2, -0.15) is 0 Å². The zero-order chi connectivity index (χ0) is 7.33. The van der Waals surface area contributed by atoms with Gasteiger partial charge in [-0.1, -0.05) is 11.1 Å². The minimum absolute atomic E-state index is 0.901. The lowest BCUT2D eigenvalue weighted by molar-refractivity contribution is 0.806. The van der Waals surface area contributed by atoms with Crippen molar-refractivity contribution < 1.29 is 0 Å². The van der Waals surface area contributed by atoms with E-state index in [1.807, 2.05) is 0 Å². The van der Waals surface area contributed by atoms with E-state index in [4.69, 9.17) is 0 Å². The van der Waals surface area contributed by atoms with Gasteiger partial charge in [-0.15, -0.1) is 0 Å². The van der Waals surface area contributed by atoms with Gasteiger partial charge in [-0.3, -0.25) is 0 Å². The van der Waals surface area contributed by atoms with Crippen molar-refractivity contribution in [2.24, 2.45) is 11.8 Å². The predicted molar refractivity (Wildman–Crippen MR) is 44.0 cm³/mol. The van der Waals surface area contributed by atoms with Gasteiger partial charge < -0.3 is 0 Å². The fourth-order valence-electron chi connectivity index (χ4n) is 3.12. The molecule has 0 fully saturated rings. The SMILES string of the molecule is CC1=C2C3=C(CC12)C1C(C)=C31. The third-order valence-corrected chi connectivity index (χ3v) is 3.91. The highest BCUT2D eigenvalue weighted by Crippen LogP contribution is 2.72. The summed E-state index contributed by atoms with van der Waals surface area (Å²) in [6, 6.07) is 0. The molecule has 0 aromatic heterocycles. The summed E-state index contributed by atoms with van der Waals surface area (Å²) in [5, 5.41) is 0. The normalized spacial score (nSPS) is 42.0. The highest BCUT2D eigenvalue weighted by atomic mass is 14.6. The monoisotopic (exact) mass is 142 g/mol. The Morgan fingerprint density at radius 1 is 1.09 bits per heavy atom. The van der Waals surface area contributed by atoms with E-state index in [9.17, 15) is 0 Å². The standard InChI is InChI=1S/C11H10/c1-4-6-3-7-9-5(2)10(9)11(7)8(4)6/h6,9H,3H2,1-2H3. The Bertz CT molecular complexity index is 402. The molecule has 4 aliphatic rings. The Hall–Kier alpha value is -0.780. The van der Waals surface area contributed by atoms with E-state index in [-0.39, 0.29) is 0 Å². The summed E-state index contributed by atoms with van der Waals surface area (Å²) in [4.78, 5) is 0. The van der Waals surface area contributed by atoms with Crippen molar-refractivity contribution in [1.29, 1.82) is 0 Å². The van der Waals surface area contributed by atoms with Crippen LogP contribution in [0.3, 0.4) is 0 Å². The molecule has 0 heteroatoms. The van der Waals surface area contributed by atoms with Gasteiger partial charge >= 0.3 is 0 Å². The molecule has 0 radical (unpaired) electrons. The fourth-order valence-corrected chi connectivity index (χ4v) is 3.12. The molecule has 0 nitrogen and oxygen atoms in total. The molecule has 0 amide bonds. The van der Waals surface area contributed by atoms with E-state index >= 15 is 0 Å². The van der Waals surface area contributed by atoms with Crippen LogP contribution in [0.2, 0.25) is 0 Å². The lowest BCUT2D eigenvalue weighted by Crippen LogP contribution is -2.02. The molecule has 0 heterocycles. The van der Waals surface area contributed by atoms with Crippen LogP contribution in [0.5, 0.6) is 0 Å². The second kappa shape index (κ2) is 1.06. The minimum Gasteiger partial charge on any atom is -0.0611 e. The molecule has 0 bridgehead atoms. The third-order valence-electron chi connectivity index (χ3n) is 3.91. The minimum atomic E-state index is 0.901. The van der Waals surface area contributed by atoms with Crippen LogP contribution in [0.15, 0.2) is 33.4 Å². The van der Waals surface area contributed by atoms with Crippen LogP contribution < -0.4 is 0 Å². The Kier molecular flexibility index (Phi) is 0.480. The lowest BCUT2D eigenvalue weighted by Gasteiger charge is -2.16. The largest absolute Gasteiger partial charge is 0.0611 e. The highest BCUT2D eigenvalue weighted by molar-refractivity contribution is 5.84. The van der Waals surface area contributed by atoms with Crippen LogP contribution in [0, 0.1) is 11.8 Å². The van der Waals surface area contributed by atoms with Crippen molar-refractivity contribution >= 4 is 0 Å². The summed E-state index contributed by atoms with van der Waals surface area (Å²) in [5.41, 5.74) is 10.4. The van der Waals surface area contributed by atoms with E-state index in [2.05, 4.69) is 13.8 Å². The Morgan fingerprint density at radius 3 is 2.73 bits per heavy atom. The molecule has 0 N–H and O–H groups in total. The van der Waals surface area contributed by atoms with Crippen molar-refractivity contribution in [3.8, 4) is 0 Å². The maximum absolute atomic E-state index is 2.30. The number of hydrogen-bond donors (Lipinski definition) is 0. The molecular weight excluding hydrogens is 132 g/mol. The number of fused-ring (bicyclic) bond motifs is 5. The van der Waals surface area contributed by atoms with Crippen LogP contribution in [-0.2, 0) is 0 Å². The van der Waals surface area contributed by atoms with E-state index in [0.717, 1.165) is 11.8 Å². The zero-order valence-corrected chi connectivity index (χ0v) is 6.86. The molecule has 4 aliphatic carbocycles. The Balaban J connectivity index is 1.95. The van der Waals surface area contributed by atoms with Crippen LogP contribution >= 0.6 is 0 Å². The summed E-state index contributed by atoms with van der Waals surface area (Å²) in [6.45, 7) is 4.60. The van der Waals surface area contributed by atoms with Gasteiger partial charge in [0, 0.05) is 11.8 Å². The van der Waals surface area contributed by atoms with Crippen LogP contribution in [0.25, 0.3) is 0 Å². The van der Waals surface area contributed by atoms with E-state index in [1.54, 1.807) is 33.4 Å². The quantitative estimate of drug-likeness (QED) is 0.487. The number of rotatable bonds is 0. The molecular formula is C11H10. The topological polar surface area (TPSA) is 0 Å². The van der Waals surface area contributed by atoms with E-state index in [1.165, 1.54) is 6.42 Å². The summed E-state index contributed by atoms with van der Waals surface area (Å²) >= 11 is 0. The zero-order valence-electron chi connectivity index (χ0n) is 6.86. The van der Waals surface area contributed by atoms with Crippen molar-refractivity contribution in [3.63, 3.8) is 0 Å². The molecule has 0 saturated carbocycles.